The van der Waals surface area contributed by atoms with E-state index in [0.29, 0.717) is 10.7 Å². The number of hydrogen-bond acceptors (Lipinski definition) is 4. The Morgan fingerprint density at radius 3 is 2.86 bits per heavy atom. The zero-order chi connectivity index (χ0) is 15.4. The van der Waals surface area contributed by atoms with Gasteiger partial charge in [-0.05, 0) is 18.1 Å². The van der Waals surface area contributed by atoms with Crippen molar-refractivity contribution in [2.45, 2.75) is 20.0 Å². The molecule has 0 saturated heterocycles. The van der Waals surface area contributed by atoms with Gasteiger partial charge in [0, 0.05) is 23.2 Å². The van der Waals surface area contributed by atoms with Crippen molar-refractivity contribution in [3.8, 4) is 11.3 Å². The molecular formula is C15H17ClN2O3. The molecule has 0 spiro atoms. The summed E-state index contributed by atoms with van der Waals surface area (Å²) in [5.74, 6) is -0.238. The molecule has 0 aliphatic heterocycles. The molecule has 5 nitrogen and oxygen atoms in total. The van der Waals surface area contributed by atoms with Gasteiger partial charge in [-0.3, -0.25) is 4.79 Å². The molecule has 1 amide bonds. The average Bonchev–Trinajstić information content (AvgIpc) is 2.94. The SMILES string of the molecule is CC(C)C(O)CNC(=O)c1cc(-c2cccc(Cl)c2)no1. The highest BCUT2D eigenvalue weighted by Gasteiger charge is 2.16. The van der Waals surface area contributed by atoms with Crippen LogP contribution in [0, 0.1) is 5.92 Å². The van der Waals surface area contributed by atoms with Crippen LogP contribution in [0.15, 0.2) is 34.9 Å². The monoisotopic (exact) mass is 308 g/mol. The van der Waals surface area contributed by atoms with Crippen LogP contribution in [0.3, 0.4) is 0 Å². The van der Waals surface area contributed by atoms with Crippen LogP contribution >= 0.6 is 11.6 Å². The fraction of sp³-hybridized carbons (Fsp3) is 0.333. The molecule has 2 rings (SSSR count). The van der Waals surface area contributed by atoms with Crippen LogP contribution < -0.4 is 5.32 Å². The minimum absolute atomic E-state index is 0.0713. The van der Waals surface area contributed by atoms with Gasteiger partial charge in [-0.25, -0.2) is 0 Å². The summed E-state index contributed by atoms with van der Waals surface area (Å²) in [6.07, 6.45) is -0.593. The first-order valence-corrected chi connectivity index (χ1v) is 7.04. The molecule has 6 heteroatoms. The quantitative estimate of drug-likeness (QED) is 0.890. The van der Waals surface area contributed by atoms with E-state index < -0.39 is 12.0 Å². The Morgan fingerprint density at radius 1 is 1.43 bits per heavy atom. The number of nitrogens with zero attached hydrogens (tertiary/aromatic N) is 1. The summed E-state index contributed by atoms with van der Waals surface area (Å²) >= 11 is 5.91. The van der Waals surface area contributed by atoms with Crippen molar-refractivity contribution >= 4 is 17.5 Å². The highest BCUT2D eigenvalue weighted by Crippen LogP contribution is 2.22. The second-order valence-electron chi connectivity index (χ2n) is 5.11. The van der Waals surface area contributed by atoms with Gasteiger partial charge in [-0.1, -0.05) is 42.7 Å². The number of hydrogen-bond donors (Lipinski definition) is 2. The van der Waals surface area contributed by atoms with Gasteiger partial charge in [0.2, 0.25) is 5.76 Å². The molecular weight excluding hydrogens is 292 g/mol. The highest BCUT2D eigenvalue weighted by molar-refractivity contribution is 6.30. The first-order valence-electron chi connectivity index (χ1n) is 6.66. The molecule has 1 aromatic carbocycles. The predicted octanol–water partition coefficient (Wildman–Crippen LogP) is 2.74. The number of carbonyl (C=O) groups is 1. The van der Waals surface area contributed by atoms with E-state index in [1.165, 1.54) is 0 Å². The Kier molecular flexibility index (Phi) is 4.98. The van der Waals surface area contributed by atoms with E-state index in [-0.39, 0.29) is 18.2 Å². The maximum atomic E-state index is 11.9. The van der Waals surface area contributed by atoms with E-state index in [0.717, 1.165) is 5.56 Å². The van der Waals surface area contributed by atoms with Gasteiger partial charge in [-0.2, -0.15) is 0 Å². The lowest BCUT2D eigenvalue weighted by molar-refractivity contribution is 0.0839. The summed E-state index contributed by atoms with van der Waals surface area (Å²) < 4.78 is 5.03. The van der Waals surface area contributed by atoms with Crippen LogP contribution in [0.2, 0.25) is 5.02 Å². The van der Waals surface area contributed by atoms with Gasteiger partial charge in [0.05, 0.1) is 6.10 Å². The molecule has 1 heterocycles. The molecule has 21 heavy (non-hydrogen) atoms. The van der Waals surface area contributed by atoms with Crippen LogP contribution in [-0.4, -0.2) is 28.8 Å². The molecule has 0 bridgehead atoms. The van der Waals surface area contributed by atoms with Gasteiger partial charge in [0.1, 0.15) is 5.69 Å². The zero-order valence-corrected chi connectivity index (χ0v) is 12.6. The molecule has 0 saturated carbocycles. The number of amides is 1. The van der Waals surface area contributed by atoms with Crippen molar-refractivity contribution in [2.24, 2.45) is 5.92 Å². The molecule has 112 valence electrons. The molecule has 0 aliphatic carbocycles. The first kappa shape index (κ1) is 15.5. The topological polar surface area (TPSA) is 75.4 Å². The van der Waals surface area contributed by atoms with Crippen LogP contribution in [-0.2, 0) is 0 Å². The average molecular weight is 309 g/mol. The van der Waals surface area contributed by atoms with Crippen molar-refractivity contribution in [3.63, 3.8) is 0 Å². The van der Waals surface area contributed by atoms with Gasteiger partial charge >= 0.3 is 0 Å². The van der Waals surface area contributed by atoms with Crippen molar-refractivity contribution in [1.82, 2.24) is 10.5 Å². The van der Waals surface area contributed by atoms with Crippen LogP contribution in [0.4, 0.5) is 0 Å². The van der Waals surface area contributed by atoms with Crippen LogP contribution in [0.25, 0.3) is 11.3 Å². The minimum Gasteiger partial charge on any atom is -0.391 e. The molecule has 0 aliphatic rings. The molecule has 2 N–H and O–H groups in total. The largest absolute Gasteiger partial charge is 0.391 e. The number of aromatic nitrogens is 1. The van der Waals surface area contributed by atoms with Crippen LogP contribution in [0.1, 0.15) is 24.4 Å². The number of carbonyl (C=O) groups excluding carboxylic acids is 1. The number of benzene rings is 1. The summed E-state index contributed by atoms with van der Waals surface area (Å²) in [6.45, 7) is 3.93. The highest BCUT2D eigenvalue weighted by atomic mass is 35.5. The molecule has 1 atom stereocenters. The van der Waals surface area contributed by atoms with Crippen molar-refractivity contribution < 1.29 is 14.4 Å². The van der Waals surface area contributed by atoms with E-state index in [4.69, 9.17) is 16.1 Å². The third kappa shape index (κ3) is 4.06. The fourth-order valence-electron chi connectivity index (χ4n) is 1.69. The van der Waals surface area contributed by atoms with Crippen LogP contribution in [0.5, 0.6) is 0 Å². The fourth-order valence-corrected chi connectivity index (χ4v) is 1.88. The first-order chi connectivity index (χ1) is 9.97. The third-order valence-electron chi connectivity index (χ3n) is 3.10. The normalized spacial score (nSPS) is 12.4. The third-order valence-corrected chi connectivity index (χ3v) is 3.33. The van der Waals surface area contributed by atoms with Gasteiger partial charge in [0.25, 0.3) is 5.91 Å². The van der Waals surface area contributed by atoms with E-state index in [1.807, 2.05) is 19.9 Å². The van der Waals surface area contributed by atoms with Gasteiger partial charge in [-0.15, -0.1) is 0 Å². The van der Waals surface area contributed by atoms with E-state index in [1.54, 1.807) is 24.3 Å². The zero-order valence-electron chi connectivity index (χ0n) is 11.8. The number of aliphatic hydroxyl groups is 1. The predicted molar refractivity (Wildman–Crippen MR) is 80.1 cm³/mol. The smallest absolute Gasteiger partial charge is 0.290 e. The lowest BCUT2D eigenvalue weighted by atomic mass is 10.1. The van der Waals surface area contributed by atoms with Crippen molar-refractivity contribution in [2.75, 3.05) is 6.54 Å². The maximum absolute atomic E-state index is 11.9. The second-order valence-corrected chi connectivity index (χ2v) is 5.54. The lowest BCUT2D eigenvalue weighted by Crippen LogP contribution is -2.34. The van der Waals surface area contributed by atoms with Crippen molar-refractivity contribution in [3.05, 3.63) is 41.1 Å². The Morgan fingerprint density at radius 2 is 2.19 bits per heavy atom. The standard InChI is InChI=1S/C15H17ClN2O3/c1-9(2)13(19)8-17-15(20)14-7-12(18-21-14)10-4-3-5-11(16)6-10/h3-7,9,13,19H,8H2,1-2H3,(H,17,20). The number of aliphatic hydroxyl groups excluding tert-OH is 1. The molecule has 1 aromatic heterocycles. The lowest BCUT2D eigenvalue weighted by Gasteiger charge is -2.14. The molecule has 0 radical (unpaired) electrons. The number of halogens is 1. The molecule has 1 unspecified atom stereocenters. The summed E-state index contributed by atoms with van der Waals surface area (Å²) in [7, 11) is 0. The van der Waals surface area contributed by atoms with Gasteiger partial charge < -0.3 is 14.9 Å². The Hall–Kier alpha value is -1.85. The summed E-state index contributed by atoms with van der Waals surface area (Å²) in [6, 6.07) is 8.66. The Balaban J connectivity index is 2.04. The summed E-state index contributed by atoms with van der Waals surface area (Å²) in [5.41, 5.74) is 1.31. The Bertz CT molecular complexity index is 625. The molecule has 0 fully saturated rings. The summed E-state index contributed by atoms with van der Waals surface area (Å²) in [4.78, 5) is 11.9. The summed E-state index contributed by atoms with van der Waals surface area (Å²) in [5, 5.41) is 16.7. The Labute approximate surface area is 127 Å². The minimum atomic E-state index is -0.593. The van der Waals surface area contributed by atoms with E-state index in [9.17, 15) is 9.90 Å². The number of nitrogens with one attached hydrogen (secondary N) is 1. The maximum Gasteiger partial charge on any atom is 0.290 e. The number of rotatable bonds is 5. The van der Waals surface area contributed by atoms with E-state index in [2.05, 4.69) is 10.5 Å². The van der Waals surface area contributed by atoms with E-state index >= 15 is 0 Å². The van der Waals surface area contributed by atoms with Gasteiger partial charge in [0.15, 0.2) is 0 Å². The second kappa shape index (κ2) is 6.74. The van der Waals surface area contributed by atoms with Crippen molar-refractivity contribution in [1.29, 1.82) is 0 Å². The molecule has 2 aromatic rings.